The fourth-order valence-corrected chi connectivity index (χ4v) is 5.00. The quantitative estimate of drug-likeness (QED) is 0.342. The van der Waals surface area contributed by atoms with Gasteiger partial charge in [0.1, 0.15) is 6.61 Å². The van der Waals surface area contributed by atoms with Crippen LogP contribution in [0.3, 0.4) is 0 Å². The number of nitrogens with zero attached hydrogens (tertiary/aromatic N) is 4. The zero-order valence-electron chi connectivity index (χ0n) is 20.1. The summed E-state index contributed by atoms with van der Waals surface area (Å²) in [7, 11) is 0. The van der Waals surface area contributed by atoms with Crippen LogP contribution in [0.4, 0.5) is 17.3 Å². The number of pyridine rings is 1. The molecule has 3 heterocycles. The number of aliphatic hydroxyl groups excluding tert-OH is 1. The summed E-state index contributed by atoms with van der Waals surface area (Å²) in [4.78, 5) is 24.8. The van der Waals surface area contributed by atoms with Crippen molar-refractivity contribution >= 4 is 51.4 Å². The van der Waals surface area contributed by atoms with Gasteiger partial charge in [-0.05, 0) is 42.8 Å². The molecule has 1 fully saturated rings. The molecule has 0 bridgehead atoms. The largest absolute Gasteiger partial charge is 0.384 e. The second-order valence-electron chi connectivity index (χ2n) is 8.57. The lowest BCUT2D eigenvalue weighted by Crippen LogP contribution is -2.43. The highest BCUT2D eigenvalue weighted by molar-refractivity contribution is 6.37. The van der Waals surface area contributed by atoms with E-state index in [2.05, 4.69) is 56.4 Å². The number of aliphatic hydroxyl groups is 1. The maximum absolute atomic E-state index is 13.4. The number of aromatic nitrogens is 3. The molecule has 10 heteroatoms. The number of fused-ring (bicyclic) bond motifs is 1. The van der Waals surface area contributed by atoms with Gasteiger partial charge in [-0.1, -0.05) is 41.1 Å². The van der Waals surface area contributed by atoms with E-state index in [1.807, 2.05) is 6.07 Å². The minimum atomic E-state index is -0.387. The second-order valence-corrected chi connectivity index (χ2v) is 9.38. The summed E-state index contributed by atoms with van der Waals surface area (Å²) in [5, 5.41) is 16.8. The van der Waals surface area contributed by atoms with E-state index in [0.717, 1.165) is 37.4 Å². The lowest BCUT2D eigenvalue weighted by Gasteiger charge is -2.30. The Morgan fingerprint density at radius 2 is 1.92 bits per heavy atom. The van der Waals surface area contributed by atoms with Crippen LogP contribution in [0.15, 0.2) is 53.6 Å². The normalized spacial score (nSPS) is 13.4. The Balaban J connectivity index is 1.55. The van der Waals surface area contributed by atoms with Crippen molar-refractivity contribution in [2.75, 3.05) is 43.0 Å². The van der Waals surface area contributed by atoms with Crippen molar-refractivity contribution in [1.29, 1.82) is 0 Å². The van der Waals surface area contributed by atoms with Crippen LogP contribution in [-0.2, 0) is 0 Å². The van der Waals surface area contributed by atoms with Crippen LogP contribution >= 0.6 is 23.2 Å². The first kappa shape index (κ1) is 25.1. The van der Waals surface area contributed by atoms with Crippen LogP contribution in [0, 0.1) is 18.8 Å². The van der Waals surface area contributed by atoms with Gasteiger partial charge in [-0.3, -0.25) is 9.36 Å². The average Bonchev–Trinajstić information content (AvgIpc) is 2.90. The zero-order valence-corrected chi connectivity index (χ0v) is 21.6. The van der Waals surface area contributed by atoms with Gasteiger partial charge in [0.2, 0.25) is 5.95 Å². The highest BCUT2D eigenvalue weighted by Crippen LogP contribution is 2.29. The summed E-state index contributed by atoms with van der Waals surface area (Å²) in [5.41, 5.74) is 3.91. The van der Waals surface area contributed by atoms with E-state index in [1.54, 1.807) is 18.2 Å². The molecule has 37 heavy (non-hydrogen) atoms. The molecule has 1 aliphatic rings. The molecule has 0 amide bonds. The molecule has 3 N–H and O–H groups in total. The van der Waals surface area contributed by atoms with Crippen LogP contribution in [0.2, 0.25) is 10.0 Å². The summed E-state index contributed by atoms with van der Waals surface area (Å²) in [6.07, 6.45) is 2.99. The van der Waals surface area contributed by atoms with Crippen LogP contribution < -0.4 is 21.1 Å². The number of hydrogen-bond acceptors (Lipinski definition) is 7. The maximum Gasteiger partial charge on any atom is 0.266 e. The number of aryl methyl sites for hydroxylation is 1. The molecule has 2 aromatic heterocycles. The van der Waals surface area contributed by atoms with Crippen LogP contribution in [0.1, 0.15) is 11.1 Å². The molecule has 0 atom stereocenters. The Hall–Kier alpha value is -3.61. The number of benzene rings is 2. The van der Waals surface area contributed by atoms with E-state index < -0.39 is 0 Å². The second kappa shape index (κ2) is 10.8. The highest BCUT2D eigenvalue weighted by Gasteiger charge is 2.17. The Morgan fingerprint density at radius 1 is 1.16 bits per heavy atom. The Kier molecular flexibility index (Phi) is 7.31. The van der Waals surface area contributed by atoms with Crippen molar-refractivity contribution in [1.82, 2.24) is 19.9 Å². The predicted molar refractivity (Wildman–Crippen MR) is 149 cm³/mol. The number of para-hydroxylation sites is 1. The number of anilines is 3. The molecule has 4 aromatic rings. The van der Waals surface area contributed by atoms with Gasteiger partial charge in [0.25, 0.3) is 5.56 Å². The van der Waals surface area contributed by atoms with Crippen molar-refractivity contribution in [3.05, 3.63) is 80.3 Å². The lowest BCUT2D eigenvalue weighted by molar-refractivity contribution is 0.350. The van der Waals surface area contributed by atoms with Crippen LogP contribution in [0.5, 0.6) is 0 Å². The number of rotatable bonds is 4. The Morgan fingerprint density at radius 3 is 2.62 bits per heavy atom. The van der Waals surface area contributed by atoms with Crippen LogP contribution in [-0.4, -0.2) is 52.4 Å². The van der Waals surface area contributed by atoms with E-state index in [4.69, 9.17) is 23.2 Å². The third kappa shape index (κ3) is 5.13. The molecule has 0 spiro atoms. The van der Waals surface area contributed by atoms with E-state index in [0.29, 0.717) is 32.8 Å². The molecule has 5 rings (SSSR count). The average molecular weight is 535 g/mol. The highest BCUT2D eigenvalue weighted by atomic mass is 35.5. The van der Waals surface area contributed by atoms with E-state index in [1.165, 1.54) is 22.6 Å². The monoisotopic (exact) mass is 534 g/mol. The van der Waals surface area contributed by atoms with Crippen molar-refractivity contribution in [2.24, 2.45) is 0 Å². The fraction of sp³-hybridized carbons (Fsp3) is 0.222. The van der Waals surface area contributed by atoms with Gasteiger partial charge in [-0.25, -0.2) is 9.97 Å². The lowest BCUT2D eigenvalue weighted by atomic mass is 10.1. The molecule has 188 valence electrons. The number of piperazine rings is 1. The maximum atomic E-state index is 13.4. The van der Waals surface area contributed by atoms with Crippen molar-refractivity contribution < 1.29 is 5.11 Å². The van der Waals surface area contributed by atoms with Crippen molar-refractivity contribution in [3.8, 4) is 17.5 Å². The molecule has 1 saturated heterocycles. The molecule has 2 aromatic carbocycles. The van der Waals surface area contributed by atoms with E-state index >= 15 is 0 Å². The summed E-state index contributed by atoms with van der Waals surface area (Å²) in [6, 6.07) is 11.1. The SMILES string of the molecule is Cc1cc(Nc2ncc3c(=O)n(-c4c(Cl)cccc4Cl)cc(C#CCO)c3n2)ccc1N1CCNCC1. The third-order valence-electron chi connectivity index (χ3n) is 6.14. The Labute approximate surface area is 223 Å². The number of nitrogens with one attached hydrogen (secondary N) is 2. The molecule has 0 aliphatic carbocycles. The third-order valence-corrected chi connectivity index (χ3v) is 6.75. The van der Waals surface area contributed by atoms with Gasteiger partial charge >= 0.3 is 0 Å². The zero-order chi connectivity index (χ0) is 25.9. The minimum Gasteiger partial charge on any atom is -0.384 e. The van der Waals surface area contributed by atoms with Gasteiger partial charge in [-0.15, -0.1) is 0 Å². The van der Waals surface area contributed by atoms with Gasteiger partial charge in [0, 0.05) is 49.9 Å². The predicted octanol–water partition coefficient (Wildman–Crippen LogP) is 3.89. The fourth-order valence-electron chi connectivity index (χ4n) is 4.42. The van der Waals surface area contributed by atoms with Gasteiger partial charge < -0.3 is 20.6 Å². The standard InChI is InChI=1S/C27H24Cl2N6O2/c1-17-14-19(7-8-23(17)34-11-9-30-10-12-34)32-27-31-15-20-24(33-27)18(4-3-13-36)16-35(26(20)37)25-21(28)5-2-6-22(25)29/h2,5-8,14-16,30,36H,9-13H2,1H3,(H,31,32,33). The van der Waals surface area contributed by atoms with Crippen molar-refractivity contribution in [3.63, 3.8) is 0 Å². The first-order chi connectivity index (χ1) is 18.0. The summed E-state index contributed by atoms with van der Waals surface area (Å²) in [6.45, 7) is 5.61. The molecular formula is C27H24Cl2N6O2. The molecular weight excluding hydrogens is 511 g/mol. The van der Waals surface area contributed by atoms with Gasteiger partial charge in [0.05, 0.1) is 32.2 Å². The first-order valence-corrected chi connectivity index (χ1v) is 12.5. The molecule has 0 unspecified atom stereocenters. The summed E-state index contributed by atoms with van der Waals surface area (Å²) in [5.74, 6) is 5.84. The number of hydrogen-bond donors (Lipinski definition) is 3. The first-order valence-electron chi connectivity index (χ1n) is 11.8. The molecule has 1 aliphatic heterocycles. The molecule has 0 saturated carbocycles. The minimum absolute atomic E-state index is 0.247. The molecule has 0 radical (unpaired) electrons. The number of halogens is 2. The molecule has 8 nitrogen and oxygen atoms in total. The van der Waals surface area contributed by atoms with E-state index in [-0.39, 0.29) is 17.6 Å². The Bertz CT molecular complexity index is 1580. The van der Waals surface area contributed by atoms with Gasteiger partial charge in [-0.2, -0.15) is 0 Å². The van der Waals surface area contributed by atoms with Gasteiger partial charge in [0.15, 0.2) is 0 Å². The topological polar surface area (TPSA) is 95.3 Å². The summed E-state index contributed by atoms with van der Waals surface area (Å²) >= 11 is 12.7. The smallest absolute Gasteiger partial charge is 0.266 e. The van der Waals surface area contributed by atoms with Crippen LogP contribution in [0.25, 0.3) is 16.6 Å². The van der Waals surface area contributed by atoms with E-state index in [9.17, 15) is 9.90 Å². The summed E-state index contributed by atoms with van der Waals surface area (Å²) < 4.78 is 1.34. The van der Waals surface area contributed by atoms with Crippen molar-refractivity contribution in [2.45, 2.75) is 6.92 Å².